The van der Waals surface area contributed by atoms with E-state index in [2.05, 4.69) is 5.32 Å². The van der Waals surface area contributed by atoms with Crippen LogP contribution in [0.4, 0.5) is 5.69 Å². The largest absolute Gasteiger partial charge is 0.354 e. The molecule has 1 atom stereocenters. The summed E-state index contributed by atoms with van der Waals surface area (Å²) in [5, 5.41) is 2.89. The van der Waals surface area contributed by atoms with E-state index in [9.17, 15) is 18.0 Å². The molecule has 7 nitrogen and oxygen atoms in total. The molecule has 0 bridgehead atoms. The molecule has 0 saturated heterocycles. The minimum absolute atomic E-state index is 0.241. The van der Waals surface area contributed by atoms with Crippen LogP contribution in [0.5, 0.6) is 0 Å². The van der Waals surface area contributed by atoms with Crippen LogP contribution in [-0.2, 0) is 32.5 Å². The number of hydrogen-bond donors (Lipinski definition) is 1. The fourth-order valence-corrected chi connectivity index (χ4v) is 4.63. The maximum absolute atomic E-state index is 13.5. The number of carbonyl (C=O) groups excluding carboxylic acids is 2. The first-order chi connectivity index (χ1) is 16.2. The number of unbranched alkanes of at least 4 members (excludes halogenated alkanes) is 1. The summed E-state index contributed by atoms with van der Waals surface area (Å²) in [4.78, 5) is 27.8. The molecule has 2 aromatic rings. The van der Waals surface area contributed by atoms with Gasteiger partial charge in [0.05, 0.1) is 11.9 Å². The van der Waals surface area contributed by atoms with Gasteiger partial charge in [-0.15, -0.1) is 0 Å². The van der Waals surface area contributed by atoms with Gasteiger partial charge >= 0.3 is 0 Å². The van der Waals surface area contributed by atoms with Gasteiger partial charge < -0.3 is 10.2 Å². The summed E-state index contributed by atoms with van der Waals surface area (Å²) in [6.45, 7) is 6.15. The molecule has 34 heavy (non-hydrogen) atoms. The second kappa shape index (κ2) is 13.1. The number of sulfonamides is 1. The van der Waals surface area contributed by atoms with E-state index in [-0.39, 0.29) is 12.5 Å². The van der Waals surface area contributed by atoms with Crippen molar-refractivity contribution in [1.29, 1.82) is 0 Å². The Labute approximate surface area is 204 Å². The monoisotopic (exact) mass is 487 g/mol. The first-order valence-electron chi connectivity index (χ1n) is 11.9. The first-order valence-corrected chi connectivity index (χ1v) is 13.7. The highest BCUT2D eigenvalue weighted by molar-refractivity contribution is 7.92. The zero-order chi connectivity index (χ0) is 25.1. The van der Waals surface area contributed by atoms with E-state index in [0.29, 0.717) is 31.6 Å². The normalized spacial score (nSPS) is 12.1. The van der Waals surface area contributed by atoms with Crippen molar-refractivity contribution in [2.45, 2.75) is 52.5 Å². The van der Waals surface area contributed by atoms with E-state index in [1.807, 2.05) is 56.3 Å². The Morgan fingerprint density at radius 3 is 2.26 bits per heavy atom. The average Bonchev–Trinajstić information content (AvgIpc) is 2.82. The van der Waals surface area contributed by atoms with E-state index in [1.54, 1.807) is 19.1 Å². The third kappa shape index (κ3) is 7.87. The third-order valence-corrected chi connectivity index (χ3v) is 6.93. The van der Waals surface area contributed by atoms with E-state index >= 15 is 0 Å². The molecule has 0 aliphatic rings. The Bertz CT molecular complexity index is 1040. The van der Waals surface area contributed by atoms with Gasteiger partial charge in [-0.2, -0.15) is 0 Å². The molecular weight excluding hydrogens is 450 g/mol. The van der Waals surface area contributed by atoms with Crippen LogP contribution in [0.1, 0.15) is 44.7 Å². The lowest BCUT2D eigenvalue weighted by Crippen LogP contribution is -2.52. The van der Waals surface area contributed by atoms with Gasteiger partial charge in [-0.3, -0.25) is 13.9 Å². The maximum Gasteiger partial charge on any atom is 0.244 e. The molecule has 2 rings (SSSR count). The second-order valence-corrected chi connectivity index (χ2v) is 10.3. The highest BCUT2D eigenvalue weighted by Gasteiger charge is 2.30. The molecule has 186 valence electrons. The predicted octanol–water partition coefficient (Wildman–Crippen LogP) is 3.39. The SMILES string of the molecule is CCCCNC(=O)[C@H](C)N(CCc1ccccc1)C(=O)CN(c1ccccc1CC)S(C)(=O)=O. The van der Waals surface area contributed by atoms with Gasteiger partial charge in [0, 0.05) is 13.1 Å². The molecule has 0 heterocycles. The van der Waals surface area contributed by atoms with E-state index in [1.165, 1.54) is 4.90 Å². The average molecular weight is 488 g/mol. The Kier molecular flexibility index (Phi) is 10.6. The number of carbonyl (C=O) groups is 2. The maximum atomic E-state index is 13.5. The van der Waals surface area contributed by atoms with Crippen LogP contribution in [0.3, 0.4) is 0 Å². The van der Waals surface area contributed by atoms with E-state index in [0.717, 1.165) is 34.5 Å². The van der Waals surface area contributed by atoms with Gasteiger partial charge in [0.1, 0.15) is 12.6 Å². The van der Waals surface area contributed by atoms with Crippen LogP contribution in [0.15, 0.2) is 54.6 Å². The predicted molar refractivity (Wildman–Crippen MR) is 137 cm³/mol. The topological polar surface area (TPSA) is 86.8 Å². The van der Waals surface area contributed by atoms with Crippen molar-refractivity contribution >= 4 is 27.5 Å². The zero-order valence-electron chi connectivity index (χ0n) is 20.7. The van der Waals surface area contributed by atoms with Crippen molar-refractivity contribution < 1.29 is 18.0 Å². The Balaban J connectivity index is 2.30. The van der Waals surface area contributed by atoms with E-state index in [4.69, 9.17) is 0 Å². The van der Waals surface area contributed by atoms with Crippen LogP contribution in [0.2, 0.25) is 0 Å². The number of para-hydroxylation sites is 1. The Hall–Kier alpha value is -2.87. The lowest BCUT2D eigenvalue weighted by atomic mass is 10.1. The number of amides is 2. The van der Waals surface area contributed by atoms with Crippen molar-refractivity contribution in [3.63, 3.8) is 0 Å². The summed E-state index contributed by atoms with van der Waals surface area (Å²) >= 11 is 0. The number of aryl methyl sites for hydroxylation is 1. The van der Waals surface area contributed by atoms with Gasteiger partial charge in [-0.1, -0.05) is 68.8 Å². The Morgan fingerprint density at radius 2 is 1.65 bits per heavy atom. The zero-order valence-corrected chi connectivity index (χ0v) is 21.5. The number of rotatable bonds is 13. The molecule has 0 aliphatic carbocycles. The lowest BCUT2D eigenvalue weighted by molar-refractivity contribution is -0.138. The van der Waals surface area contributed by atoms with Gasteiger partial charge in [-0.25, -0.2) is 8.42 Å². The first kappa shape index (κ1) is 27.4. The van der Waals surface area contributed by atoms with Crippen molar-refractivity contribution in [2.75, 3.05) is 30.2 Å². The van der Waals surface area contributed by atoms with Crippen LogP contribution < -0.4 is 9.62 Å². The van der Waals surface area contributed by atoms with Crippen molar-refractivity contribution in [2.24, 2.45) is 0 Å². The number of nitrogens with one attached hydrogen (secondary N) is 1. The van der Waals surface area contributed by atoms with Crippen LogP contribution in [0.25, 0.3) is 0 Å². The highest BCUT2D eigenvalue weighted by atomic mass is 32.2. The second-order valence-electron chi connectivity index (χ2n) is 8.40. The fraction of sp³-hybridized carbons (Fsp3) is 0.462. The summed E-state index contributed by atoms with van der Waals surface area (Å²) in [5.41, 5.74) is 2.36. The highest BCUT2D eigenvalue weighted by Crippen LogP contribution is 2.24. The van der Waals surface area contributed by atoms with Crippen LogP contribution in [-0.4, -0.2) is 57.1 Å². The molecule has 0 saturated carbocycles. The summed E-state index contributed by atoms with van der Waals surface area (Å²) in [6.07, 6.45) is 4.09. The summed E-state index contributed by atoms with van der Waals surface area (Å²) in [5.74, 6) is -0.653. The molecular formula is C26H37N3O4S. The molecule has 0 aromatic heterocycles. The number of nitrogens with zero attached hydrogens (tertiary/aromatic N) is 2. The molecule has 0 fully saturated rings. The molecule has 2 amide bonds. The molecule has 0 unspecified atom stereocenters. The van der Waals surface area contributed by atoms with Gasteiger partial charge in [0.2, 0.25) is 21.8 Å². The molecule has 1 N–H and O–H groups in total. The molecule has 0 radical (unpaired) electrons. The summed E-state index contributed by atoms with van der Waals surface area (Å²) in [6, 6.07) is 16.2. The molecule has 0 aliphatic heterocycles. The van der Waals surface area contributed by atoms with Gasteiger partial charge in [0.15, 0.2) is 0 Å². The molecule has 0 spiro atoms. The number of anilines is 1. The quantitative estimate of drug-likeness (QED) is 0.439. The van der Waals surface area contributed by atoms with Crippen molar-refractivity contribution in [3.05, 3.63) is 65.7 Å². The Morgan fingerprint density at radius 1 is 1.00 bits per heavy atom. The van der Waals surface area contributed by atoms with E-state index < -0.39 is 22.0 Å². The molecule has 8 heteroatoms. The summed E-state index contributed by atoms with van der Waals surface area (Å²) < 4.78 is 26.5. The third-order valence-electron chi connectivity index (χ3n) is 5.80. The van der Waals surface area contributed by atoms with Gasteiger partial charge in [0.25, 0.3) is 0 Å². The molecule has 2 aromatic carbocycles. The summed E-state index contributed by atoms with van der Waals surface area (Å²) in [7, 11) is -3.72. The van der Waals surface area contributed by atoms with Gasteiger partial charge in [-0.05, 0) is 43.4 Å². The van der Waals surface area contributed by atoms with Crippen LogP contribution in [0, 0.1) is 0 Å². The number of hydrogen-bond acceptors (Lipinski definition) is 4. The van der Waals surface area contributed by atoms with Crippen molar-refractivity contribution in [3.8, 4) is 0 Å². The lowest BCUT2D eigenvalue weighted by Gasteiger charge is -2.32. The van der Waals surface area contributed by atoms with Crippen molar-refractivity contribution in [1.82, 2.24) is 10.2 Å². The van der Waals surface area contributed by atoms with Crippen LogP contribution >= 0.6 is 0 Å². The standard InChI is InChI=1S/C26H37N3O4S/c1-5-7-18-27-26(31)21(3)28(19-17-22-13-9-8-10-14-22)25(30)20-29(34(4,32)33)24-16-12-11-15-23(24)6-2/h8-16,21H,5-7,17-20H2,1-4H3,(H,27,31)/t21-/m0/s1. The fourth-order valence-electron chi connectivity index (χ4n) is 3.75. The minimum Gasteiger partial charge on any atom is -0.354 e. The number of benzene rings is 2. The smallest absolute Gasteiger partial charge is 0.244 e. The minimum atomic E-state index is -3.72.